The zero-order valence-electron chi connectivity index (χ0n) is 16.0. The molecule has 2 heterocycles. The first-order chi connectivity index (χ1) is 15.0. The number of carbonyl (C=O) groups excluding carboxylic acids is 1. The Kier molecular flexibility index (Phi) is 6.20. The number of nitrogens with one attached hydrogen (secondary N) is 1. The van der Waals surface area contributed by atoms with Crippen LogP contribution in [0.2, 0.25) is 10.0 Å². The number of aromatic nitrogens is 4. The zero-order chi connectivity index (χ0) is 21.8. The number of nitrogens with zero attached hydrogens (tertiary/aromatic N) is 4. The van der Waals surface area contributed by atoms with Gasteiger partial charge in [-0.3, -0.25) is 9.48 Å². The summed E-state index contributed by atoms with van der Waals surface area (Å²) in [5.41, 5.74) is 1.08. The zero-order valence-corrected chi connectivity index (χ0v) is 17.5. The van der Waals surface area contributed by atoms with E-state index in [0.717, 1.165) is 5.56 Å². The molecule has 0 aliphatic carbocycles. The van der Waals surface area contributed by atoms with E-state index in [1.165, 1.54) is 16.8 Å². The van der Waals surface area contributed by atoms with Crippen molar-refractivity contribution < 1.29 is 13.9 Å². The van der Waals surface area contributed by atoms with E-state index in [2.05, 4.69) is 15.5 Å². The first kappa shape index (κ1) is 20.9. The van der Waals surface area contributed by atoms with Crippen LogP contribution in [0.3, 0.4) is 0 Å². The van der Waals surface area contributed by atoms with Crippen LogP contribution in [0.1, 0.15) is 16.1 Å². The number of hydrogen-bond acceptors (Lipinski definition) is 4. The molecule has 0 aliphatic rings. The molecule has 0 unspecified atom stereocenters. The van der Waals surface area contributed by atoms with Gasteiger partial charge in [-0.2, -0.15) is 10.2 Å². The minimum atomic E-state index is -0.415. The second kappa shape index (κ2) is 9.20. The summed E-state index contributed by atoms with van der Waals surface area (Å²) < 4.78 is 21.7. The maximum Gasteiger partial charge on any atom is 0.277 e. The van der Waals surface area contributed by atoms with Crippen molar-refractivity contribution in [2.45, 2.75) is 13.3 Å². The van der Waals surface area contributed by atoms with Gasteiger partial charge in [0.15, 0.2) is 24.0 Å². The van der Waals surface area contributed by atoms with Gasteiger partial charge in [-0.25, -0.2) is 9.07 Å². The smallest absolute Gasteiger partial charge is 0.277 e. The fraction of sp³-hybridized carbons (Fsp3) is 0.0952. The van der Waals surface area contributed by atoms with E-state index in [1.54, 1.807) is 59.5 Å². The lowest BCUT2D eigenvalue weighted by molar-refractivity contribution is 0.101. The highest BCUT2D eigenvalue weighted by Crippen LogP contribution is 2.32. The Bertz CT molecular complexity index is 1190. The summed E-state index contributed by atoms with van der Waals surface area (Å²) in [4.78, 5) is 12.5. The molecule has 0 aliphatic heterocycles. The van der Waals surface area contributed by atoms with Gasteiger partial charge < -0.3 is 10.1 Å². The van der Waals surface area contributed by atoms with Crippen LogP contribution in [-0.2, 0) is 13.3 Å². The molecular formula is C21H16Cl2FN5O2. The molecule has 0 spiro atoms. The number of carbonyl (C=O) groups is 1. The Morgan fingerprint density at radius 3 is 2.42 bits per heavy atom. The number of amides is 1. The van der Waals surface area contributed by atoms with E-state index in [-0.39, 0.29) is 18.2 Å². The Balaban J connectivity index is 1.35. The topological polar surface area (TPSA) is 74.0 Å². The van der Waals surface area contributed by atoms with E-state index in [9.17, 15) is 9.18 Å². The van der Waals surface area contributed by atoms with Crippen molar-refractivity contribution >= 4 is 34.9 Å². The van der Waals surface area contributed by atoms with Crippen molar-refractivity contribution in [3.8, 4) is 5.75 Å². The van der Waals surface area contributed by atoms with Crippen molar-refractivity contribution in [3.63, 3.8) is 0 Å². The molecule has 1 amide bonds. The Labute approximate surface area is 187 Å². The third kappa shape index (κ3) is 5.22. The van der Waals surface area contributed by atoms with Gasteiger partial charge in [0.2, 0.25) is 0 Å². The first-order valence-electron chi connectivity index (χ1n) is 9.17. The molecule has 7 nitrogen and oxygen atoms in total. The summed E-state index contributed by atoms with van der Waals surface area (Å²) >= 11 is 12.1. The Morgan fingerprint density at radius 1 is 0.968 bits per heavy atom. The molecule has 4 rings (SSSR count). The van der Waals surface area contributed by atoms with Crippen molar-refractivity contribution in [2.75, 3.05) is 5.32 Å². The minimum absolute atomic E-state index is 0.0308. The Hall–Kier alpha value is -3.36. The number of benzene rings is 2. The maximum absolute atomic E-state index is 13.0. The second-order valence-electron chi connectivity index (χ2n) is 6.54. The molecule has 0 bridgehead atoms. The molecule has 31 heavy (non-hydrogen) atoms. The third-order valence-electron chi connectivity index (χ3n) is 4.27. The summed E-state index contributed by atoms with van der Waals surface area (Å²) in [5.74, 6) is 0.0123. The number of ether oxygens (including phenoxy) is 1. The van der Waals surface area contributed by atoms with Crippen molar-refractivity contribution in [1.82, 2.24) is 19.6 Å². The van der Waals surface area contributed by atoms with Crippen LogP contribution in [0.25, 0.3) is 0 Å². The van der Waals surface area contributed by atoms with Gasteiger partial charge in [0.05, 0.1) is 16.6 Å². The highest BCUT2D eigenvalue weighted by molar-refractivity contribution is 6.37. The lowest BCUT2D eigenvalue weighted by Crippen LogP contribution is -2.15. The quantitative estimate of drug-likeness (QED) is 0.428. The van der Waals surface area contributed by atoms with Crippen LogP contribution in [0, 0.1) is 5.82 Å². The molecule has 0 saturated heterocycles. The average Bonchev–Trinajstić information content (AvgIpc) is 3.39. The largest absolute Gasteiger partial charge is 0.468 e. The predicted octanol–water partition coefficient (Wildman–Crippen LogP) is 4.86. The highest BCUT2D eigenvalue weighted by Gasteiger charge is 2.13. The lowest BCUT2D eigenvalue weighted by atomic mass is 10.2. The van der Waals surface area contributed by atoms with Gasteiger partial charge in [0.1, 0.15) is 5.82 Å². The van der Waals surface area contributed by atoms with E-state index >= 15 is 0 Å². The summed E-state index contributed by atoms with van der Waals surface area (Å²) in [5, 5.41) is 11.9. The molecule has 0 radical (unpaired) electrons. The first-order valence-corrected chi connectivity index (χ1v) is 9.93. The summed E-state index contributed by atoms with van der Waals surface area (Å²) in [6, 6.07) is 14.4. The van der Waals surface area contributed by atoms with E-state index in [0.29, 0.717) is 28.2 Å². The van der Waals surface area contributed by atoms with Crippen LogP contribution in [0.15, 0.2) is 67.0 Å². The normalized spacial score (nSPS) is 10.8. The fourth-order valence-corrected chi connectivity index (χ4v) is 3.29. The summed E-state index contributed by atoms with van der Waals surface area (Å²) in [6.07, 6.45) is 3.32. The van der Waals surface area contributed by atoms with E-state index in [1.807, 2.05) is 0 Å². The molecule has 10 heteroatoms. The number of anilines is 1. The lowest BCUT2D eigenvalue weighted by Gasteiger charge is -2.09. The number of para-hydroxylation sites is 1. The highest BCUT2D eigenvalue weighted by atomic mass is 35.5. The van der Waals surface area contributed by atoms with E-state index in [4.69, 9.17) is 27.9 Å². The fourth-order valence-electron chi connectivity index (χ4n) is 2.78. The summed E-state index contributed by atoms with van der Waals surface area (Å²) in [7, 11) is 0. The van der Waals surface area contributed by atoms with Gasteiger partial charge in [0.25, 0.3) is 5.91 Å². The average molecular weight is 460 g/mol. The SMILES string of the molecule is O=C(Nc1ccn(Cc2ccc(F)cc2)n1)c1ccn(COc2c(Cl)cccc2Cl)n1. The maximum atomic E-state index is 13.0. The van der Waals surface area contributed by atoms with Crippen molar-refractivity contribution in [2.24, 2.45) is 0 Å². The summed E-state index contributed by atoms with van der Waals surface area (Å²) in [6.45, 7) is 0.482. The number of halogens is 3. The molecule has 4 aromatic rings. The van der Waals surface area contributed by atoms with Crippen LogP contribution in [0.5, 0.6) is 5.75 Å². The van der Waals surface area contributed by atoms with Crippen LogP contribution < -0.4 is 10.1 Å². The van der Waals surface area contributed by atoms with Gasteiger partial charge in [-0.1, -0.05) is 41.4 Å². The molecule has 0 fully saturated rings. The van der Waals surface area contributed by atoms with Gasteiger partial charge in [-0.05, 0) is 35.9 Å². The second-order valence-corrected chi connectivity index (χ2v) is 7.36. The number of rotatable bonds is 7. The molecule has 0 atom stereocenters. The van der Waals surface area contributed by atoms with Gasteiger partial charge in [-0.15, -0.1) is 0 Å². The molecule has 2 aromatic heterocycles. The molecular weight excluding hydrogens is 444 g/mol. The molecule has 0 saturated carbocycles. The van der Waals surface area contributed by atoms with Crippen LogP contribution in [0.4, 0.5) is 10.2 Å². The predicted molar refractivity (Wildman–Crippen MR) is 115 cm³/mol. The minimum Gasteiger partial charge on any atom is -0.468 e. The monoisotopic (exact) mass is 459 g/mol. The van der Waals surface area contributed by atoms with E-state index < -0.39 is 5.91 Å². The van der Waals surface area contributed by atoms with Crippen molar-refractivity contribution in [1.29, 1.82) is 0 Å². The van der Waals surface area contributed by atoms with Crippen molar-refractivity contribution in [3.05, 3.63) is 94.1 Å². The van der Waals surface area contributed by atoms with Crippen LogP contribution >= 0.6 is 23.2 Å². The standard InChI is InChI=1S/C21H16Cl2FN5O2/c22-16-2-1-3-17(23)20(16)31-13-29-10-8-18(26-29)21(30)25-19-9-11-28(27-19)12-14-4-6-15(24)7-5-14/h1-11H,12-13H2,(H,25,27,30). The molecule has 2 aromatic carbocycles. The number of hydrogen-bond donors (Lipinski definition) is 1. The van der Waals surface area contributed by atoms with Gasteiger partial charge in [0, 0.05) is 18.5 Å². The Morgan fingerprint density at radius 2 is 1.68 bits per heavy atom. The third-order valence-corrected chi connectivity index (χ3v) is 4.87. The molecule has 1 N–H and O–H groups in total. The van der Waals surface area contributed by atoms with Crippen LogP contribution in [-0.4, -0.2) is 25.5 Å². The van der Waals surface area contributed by atoms with Gasteiger partial charge >= 0.3 is 0 Å². The molecule has 158 valence electrons.